The maximum atomic E-state index is 15.6. The lowest BCUT2D eigenvalue weighted by atomic mass is 9.77. The van der Waals surface area contributed by atoms with E-state index in [0.29, 0.717) is 73.1 Å². The molecule has 2 heterocycles. The number of benzene rings is 9. The molecule has 0 spiro atoms. The standard InChI is InChI=1S/C75H66F3NO7/c1-5-6-9-14-47-19-21-48(22-20-47)49-23-25-50(26-24-49)51-27-29-54(30-28-51)72(80)79-57-34-39-60(66(44-57)75(76,77)78)55-31-38-61-63(43-55)64-46-68(69(52-15-10-7-11-16-52)53-17-12-8-13-18-53)85-73(81)70(64)62-41-42-74(86-71(61)62,56-32-35-58(82-2)36-33-56)65-40-37-59(83-3)45-67(65)84-4/h7-8,10-13,15-18,23-48,69H,5-6,9,14,19-22H2,1-4H3,(H,79,80)/t47-,48-,74?. The summed E-state index contributed by atoms with van der Waals surface area (Å²) in [7, 11) is 4.70. The zero-order valence-corrected chi connectivity index (χ0v) is 48.5. The number of unbranched alkanes of at least 4 members (excludes halogenated alkanes) is 2. The predicted molar refractivity (Wildman–Crippen MR) is 336 cm³/mol. The van der Waals surface area contributed by atoms with Gasteiger partial charge in [0, 0.05) is 44.8 Å². The molecule has 1 saturated carbocycles. The summed E-state index contributed by atoms with van der Waals surface area (Å²) in [6.07, 6.45) is 9.10. The zero-order chi connectivity index (χ0) is 59.5. The molecule has 434 valence electrons. The molecule has 12 rings (SSSR count). The molecule has 11 heteroatoms. The number of ether oxygens (including phenoxy) is 4. The van der Waals surface area contributed by atoms with Gasteiger partial charge in [-0.2, -0.15) is 13.2 Å². The second kappa shape index (κ2) is 24.3. The predicted octanol–water partition coefficient (Wildman–Crippen LogP) is 19.0. The van der Waals surface area contributed by atoms with Gasteiger partial charge in [-0.25, -0.2) is 4.79 Å². The normalized spacial score (nSPS) is 16.6. The largest absolute Gasteiger partial charge is 0.497 e. The van der Waals surface area contributed by atoms with Gasteiger partial charge < -0.3 is 28.7 Å². The fourth-order valence-corrected chi connectivity index (χ4v) is 12.9. The Labute approximate surface area is 498 Å². The molecule has 9 aromatic carbocycles. The number of hydrogen-bond donors (Lipinski definition) is 1. The lowest BCUT2D eigenvalue weighted by molar-refractivity contribution is -0.137. The van der Waals surface area contributed by atoms with Crippen molar-refractivity contribution in [3.05, 3.63) is 261 Å². The first kappa shape index (κ1) is 57.1. The second-order valence-electron chi connectivity index (χ2n) is 22.6. The van der Waals surface area contributed by atoms with Crippen molar-refractivity contribution in [1.82, 2.24) is 0 Å². The summed E-state index contributed by atoms with van der Waals surface area (Å²) in [5, 5.41) is 4.31. The van der Waals surface area contributed by atoms with Crippen LogP contribution in [0.3, 0.4) is 0 Å². The highest BCUT2D eigenvalue weighted by Crippen LogP contribution is 2.52. The van der Waals surface area contributed by atoms with E-state index in [1.807, 2.05) is 121 Å². The Kier molecular flexibility index (Phi) is 16.1. The Hall–Kier alpha value is -9.35. The van der Waals surface area contributed by atoms with Crippen LogP contribution in [0.5, 0.6) is 23.0 Å². The van der Waals surface area contributed by atoms with E-state index in [1.165, 1.54) is 69.1 Å². The maximum absolute atomic E-state index is 15.6. The van der Waals surface area contributed by atoms with Crippen LogP contribution >= 0.6 is 0 Å². The number of halogens is 3. The summed E-state index contributed by atoms with van der Waals surface area (Å²) < 4.78 is 77.9. The number of hydrogen-bond acceptors (Lipinski definition) is 7. The third-order valence-electron chi connectivity index (χ3n) is 17.5. The molecule has 1 aromatic heterocycles. The van der Waals surface area contributed by atoms with Crippen molar-refractivity contribution >= 4 is 39.2 Å². The van der Waals surface area contributed by atoms with Gasteiger partial charge in [-0.05, 0) is 161 Å². The number of anilines is 1. The maximum Gasteiger partial charge on any atom is 0.417 e. The Morgan fingerprint density at radius 1 is 0.651 bits per heavy atom. The number of rotatable bonds is 17. The molecule has 1 atom stereocenters. The molecule has 1 fully saturated rings. The summed E-state index contributed by atoms with van der Waals surface area (Å²) >= 11 is 0. The van der Waals surface area contributed by atoms with Crippen molar-refractivity contribution in [2.75, 3.05) is 26.6 Å². The average Bonchev–Trinajstić information content (AvgIpc) is 0.931. The van der Waals surface area contributed by atoms with Gasteiger partial charge in [-0.15, -0.1) is 0 Å². The van der Waals surface area contributed by atoms with Gasteiger partial charge in [0.15, 0.2) is 5.60 Å². The third-order valence-corrected chi connectivity index (χ3v) is 17.5. The number of nitrogens with one attached hydrogen (secondary N) is 1. The minimum atomic E-state index is -4.86. The van der Waals surface area contributed by atoms with Gasteiger partial charge in [0.25, 0.3) is 5.91 Å². The van der Waals surface area contributed by atoms with Crippen LogP contribution in [0.25, 0.3) is 49.9 Å². The van der Waals surface area contributed by atoms with Gasteiger partial charge in [0.1, 0.15) is 28.8 Å². The number of fused-ring (bicyclic) bond motifs is 6. The van der Waals surface area contributed by atoms with Crippen molar-refractivity contribution in [2.45, 2.75) is 81.9 Å². The summed E-state index contributed by atoms with van der Waals surface area (Å²) in [6.45, 7) is 2.26. The van der Waals surface area contributed by atoms with E-state index in [4.69, 9.17) is 23.4 Å². The first-order valence-corrected chi connectivity index (χ1v) is 29.5. The average molecular weight is 1150 g/mol. The van der Waals surface area contributed by atoms with Crippen molar-refractivity contribution < 1.29 is 41.3 Å². The molecule has 0 bridgehead atoms. The van der Waals surface area contributed by atoms with E-state index in [2.05, 4.69) is 36.5 Å². The molecule has 0 saturated heterocycles. The highest BCUT2D eigenvalue weighted by Gasteiger charge is 2.42. The highest BCUT2D eigenvalue weighted by atomic mass is 19.4. The quantitative estimate of drug-likeness (QED) is 0.0717. The van der Waals surface area contributed by atoms with Gasteiger partial charge in [0.05, 0.1) is 38.2 Å². The zero-order valence-electron chi connectivity index (χ0n) is 48.5. The monoisotopic (exact) mass is 1150 g/mol. The van der Waals surface area contributed by atoms with Gasteiger partial charge in [-0.3, -0.25) is 4.79 Å². The SMILES string of the molecule is CCCCC[C@H]1CC[C@H](c2ccc(-c3ccc(C(=O)Nc4ccc(-c5ccc6c7c(c8c(=O)oc(C(c9ccccc9)c9ccccc9)cc8c6c5)C=CC(c5ccc(OC)cc5)(c5ccc(OC)cc5OC)O7)c(C(F)(F)F)c4)cc3)cc2)CC1. The van der Waals surface area contributed by atoms with Crippen LogP contribution < -0.4 is 29.9 Å². The first-order valence-electron chi connectivity index (χ1n) is 29.5. The van der Waals surface area contributed by atoms with Gasteiger partial charge in [-0.1, -0.05) is 154 Å². The Morgan fingerprint density at radius 2 is 1.30 bits per heavy atom. The van der Waals surface area contributed by atoms with Crippen molar-refractivity contribution in [1.29, 1.82) is 0 Å². The minimum Gasteiger partial charge on any atom is -0.497 e. The summed E-state index contributed by atoms with van der Waals surface area (Å²) in [5.41, 5.74) is 4.08. The number of carbonyl (C=O) groups is 1. The highest BCUT2D eigenvalue weighted by molar-refractivity contribution is 6.15. The van der Waals surface area contributed by atoms with E-state index < -0.39 is 34.8 Å². The van der Waals surface area contributed by atoms with Crippen LogP contribution in [0.15, 0.2) is 209 Å². The van der Waals surface area contributed by atoms with Crippen LogP contribution in [0.1, 0.15) is 125 Å². The fraction of sp³-hybridized carbons (Fsp3) is 0.227. The minimum absolute atomic E-state index is 0.0276. The van der Waals surface area contributed by atoms with Crippen LogP contribution in [0.2, 0.25) is 0 Å². The summed E-state index contributed by atoms with van der Waals surface area (Å²) in [5.74, 6) is 2.57. The molecule has 2 aliphatic rings. The number of carbonyl (C=O) groups excluding carboxylic acids is 1. The molecular formula is C75H66F3NO7. The van der Waals surface area contributed by atoms with Crippen molar-refractivity contribution in [2.24, 2.45) is 5.92 Å². The number of alkyl halides is 3. The molecule has 1 amide bonds. The van der Waals surface area contributed by atoms with Crippen LogP contribution in [-0.4, -0.2) is 27.2 Å². The first-order chi connectivity index (χ1) is 41.9. The molecule has 1 N–H and O–H groups in total. The number of amides is 1. The van der Waals surface area contributed by atoms with Crippen LogP contribution in [0.4, 0.5) is 18.9 Å². The summed E-state index contributed by atoms with van der Waals surface area (Å²) in [6, 6.07) is 58.7. The second-order valence-corrected chi connectivity index (χ2v) is 22.6. The van der Waals surface area contributed by atoms with Crippen molar-refractivity contribution in [3.8, 4) is 45.3 Å². The van der Waals surface area contributed by atoms with Gasteiger partial charge in [0.2, 0.25) is 0 Å². The van der Waals surface area contributed by atoms with E-state index in [1.54, 1.807) is 63.8 Å². The van der Waals surface area contributed by atoms with Crippen LogP contribution in [-0.2, 0) is 11.8 Å². The van der Waals surface area contributed by atoms with Crippen molar-refractivity contribution in [3.63, 3.8) is 0 Å². The van der Waals surface area contributed by atoms with Crippen LogP contribution in [0, 0.1) is 5.92 Å². The van der Waals surface area contributed by atoms with E-state index in [9.17, 15) is 4.79 Å². The molecule has 86 heavy (non-hydrogen) atoms. The van der Waals surface area contributed by atoms with Gasteiger partial charge >= 0.3 is 11.8 Å². The van der Waals surface area contributed by atoms with E-state index in [0.717, 1.165) is 34.2 Å². The molecular weight excluding hydrogens is 1080 g/mol. The smallest absolute Gasteiger partial charge is 0.417 e. The fourth-order valence-electron chi connectivity index (χ4n) is 12.9. The lowest BCUT2D eigenvalue weighted by Gasteiger charge is -2.37. The molecule has 8 nitrogen and oxygen atoms in total. The Bertz CT molecular complexity index is 4130. The Morgan fingerprint density at radius 3 is 1.94 bits per heavy atom. The topological polar surface area (TPSA) is 96.2 Å². The van der Waals surface area contributed by atoms with E-state index >= 15 is 18.0 Å². The third kappa shape index (κ3) is 11.3. The molecule has 0 radical (unpaired) electrons. The molecule has 10 aromatic rings. The lowest BCUT2D eigenvalue weighted by Crippen LogP contribution is -2.35. The summed E-state index contributed by atoms with van der Waals surface area (Å²) in [4.78, 5) is 28.9. The Balaban J connectivity index is 0.925. The molecule has 1 aliphatic heterocycles. The molecule has 1 aliphatic carbocycles. The number of methoxy groups -OCH3 is 3. The molecule has 1 unspecified atom stereocenters. The van der Waals surface area contributed by atoms with E-state index in [-0.39, 0.29) is 22.2 Å².